The van der Waals surface area contributed by atoms with Crippen LogP contribution in [0.4, 0.5) is 5.69 Å². The Morgan fingerprint density at radius 3 is 1.57 bits per heavy atom. The van der Waals surface area contributed by atoms with Crippen molar-refractivity contribution in [2.45, 2.75) is 52.4 Å². The molecule has 17 heteroatoms. The molecular formula is C41H40Cl3NO13. The highest BCUT2D eigenvalue weighted by atomic mass is 35.5. The van der Waals surface area contributed by atoms with E-state index in [-0.39, 0.29) is 97.2 Å². The molecule has 0 aromatic heterocycles. The fourth-order valence-corrected chi connectivity index (χ4v) is 6.13. The number of rotatable bonds is 9. The highest BCUT2D eigenvalue weighted by Gasteiger charge is 2.28. The van der Waals surface area contributed by atoms with Crippen LogP contribution < -0.4 is 5.32 Å². The van der Waals surface area contributed by atoms with Crippen molar-refractivity contribution in [2.75, 3.05) is 32.8 Å². The van der Waals surface area contributed by atoms with Gasteiger partial charge in [0.2, 0.25) is 5.91 Å². The van der Waals surface area contributed by atoms with Crippen molar-refractivity contribution in [3.63, 3.8) is 0 Å². The number of amides is 1. The summed E-state index contributed by atoms with van der Waals surface area (Å²) in [6.07, 6.45) is -0.0646. The quantitative estimate of drug-likeness (QED) is 0.142. The Kier molecular flexibility index (Phi) is 17.9. The Labute approximate surface area is 348 Å². The number of hydrogen-bond donors (Lipinski definition) is 3. The smallest absolute Gasteiger partial charge is 0.339 e. The molecule has 1 amide bonds. The Balaban J connectivity index is 0.000000233. The molecule has 14 nitrogen and oxygen atoms in total. The van der Waals surface area contributed by atoms with Gasteiger partial charge in [-0.3, -0.25) is 19.2 Å². The SMILES string of the molecule is CCOC(=O)C1=C(O)c2ccc(Cl)cc2CC(=O)C1.CCOC(=O)CCC(=O)Nc1cc(Cl)ccc1C(=O)OC.COC(=O)C1=C(O)c2ccc(Cl)cc2CC(=O)C1. The maximum atomic E-state index is 11.8. The molecule has 3 aromatic carbocycles. The summed E-state index contributed by atoms with van der Waals surface area (Å²) in [6.45, 7) is 3.81. The van der Waals surface area contributed by atoms with Crippen molar-refractivity contribution in [3.8, 4) is 0 Å². The highest BCUT2D eigenvalue weighted by Crippen LogP contribution is 2.31. The van der Waals surface area contributed by atoms with E-state index in [1.165, 1.54) is 32.4 Å². The first-order valence-electron chi connectivity index (χ1n) is 17.6. The summed E-state index contributed by atoms with van der Waals surface area (Å²) in [7, 11) is 2.45. The minimum absolute atomic E-state index is 0.00734. The van der Waals surface area contributed by atoms with Crippen LogP contribution in [0, 0.1) is 0 Å². The number of esters is 4. The van der Waals surface area contributed by atoms with Gasteiger partial charge in [-0.25, -0.2) is 14.4 Å². The second kappa shape index (κ2) is 22.3. The second-order valence-electron chi connectivity index (χ2n) is 12.3. The van der Waals surface area contributed by atoms with Crippen LogP contribution in [-0.4, -0.2) is 79.0 Å². The third-order valence-electron chi connectivity index (χ3n) is 8.22. The van der Waals surface area contributed by atoms with Gasteiger partial charge in [0.1, 0.15) is 23.1 Å². The van der Waals surface area contributed by atoms with E-state index in [1.807, 2.05) is 0 Å². The maximum Gasteiger partial charge on any atom is 0.339 e. The van der Waals surface area contributed by atoms with Crippen molar-refractivity contribution < 1.29 is 62.7 Å². The van der Waals surface area contributed by atoms with Crippen molar-refractivity contribution in [1.82, 2.24) is 0 Å². The van der Waals surface area contributed by atoms with E-state index >= 15 is 0 Å². The van der Waals surface area contributed by atoms with E-state index in [0.29, 0.717) is 37.3 Å². The van der Waals surface area contributed by atoms with Crippen LogP contribution in [0.3, 0.4) is 0 Å². The number of aliphatic hydroxyl groups is 2. The van der Waals surface area contributed by atoms with Crippen LogP contribution in [-0.2, 0) is 60.6 Å². The van der Waals surface area contributed by atoms with Gasteiger partial charge < -0.3 is 34.5 Å². The third-order valence-corrected chi connectivity index (χ3v) is 8.92. The summed E-state index contributed by atoms with van der Waals surface area (Å²) in [5, 5.41) is 24.1. The van der Waals surface area contributed by atoms with E-state index < -0.39 is 29.8 Å². The highest BCUT2D eigenvalue weighted by molar-refractivity contribution is 6.31. The lowest BCUT2D eigenvalue weighted by Crippen LogP contribution is -2.17. The molecular weight excluding hydrogens is 821 g/mol. The molecule has 0 aliphatic heterocycles. The van der Waals surface area contributed by atoms with Gasteiger partial charge in [0.05, 0.1) is 56.3 Å². The summed E-state index contributed by atoms with van der Waals surface area (Å²) < 4.78 is 18.8. The molecule has 5 rings (SSSR count). The zero-order chi connectivity index (χ0) is 43.1. The van der Waals surface area contributed by atoms with Crippen LogP contribution >= 0.6 is 34.8 Å². The molecule has 0 atom stereocenters. The van der Waals surface area contributed by atoms with Crippen LogP contribution in [0.1, 0.15) is 72.1 Å². The normalized spacial score (nSPS) is 13.2. The van der Waals surface area contributed by atoms with Gasteiger partial charge in [0.15, 0.2) is 0 Å². The molecule has 308 valence electrons. The van der Waals surface area contributed by atoms with Gasteiger partial charge in [-0.1, -0.05) is 34.8 Å². The summed E-state index contributed by atoms with van der Waals surface area (Å²) >= 11 is 17.6. The van der Waals surface area contributed by atoms with Gasteiger partial charge in [-0.2, -0.15) is 0 Å². The maximum absolute atomic E-state index is 11.8. The molecule has 0 saturated heterocycles. The van der Waals surface area contributed by atoms with Crippen molar-refractivity contribution in [1.29, 1.82) is 0 Å². The number of halogens is 3. The lowest BCUT2D eigenvalue weighted by Gasteiger charge is -2.10. The number of ketones is 2. The van der Waals surface area contributed by atoms with E-state index in [9.17, 15) is 43.8 Å². The molecule has 0 fully saturated rings. The number of ether oxygens (including phenoxy) is 4. The molecule has 0 spiro atoms. The predicted octanol–water partition coefficient (Wildman–Crippen LogP) is 7.39. The molecule has 3 N–H and O–H groups in total. The minimum atomic E-state index is -0.691. The van der Waals surface area contributed by atoms with Crippen molar-refractivity contribution in [3.05, 3.63) is 109 Å². The van der Waals surface area contributed by atoms with E-state index in [1.54, 1.807) is 50.2 Å². The Hall–Kier alpha value is -5.70. The number of fused-ring (bicyclic) bond motifs is 2. The topological polar surface area (TPSA) is 209 Å². The summed E-state index contributed by atoms with van der Waals surface area (Å²) in [4.78, 5) is 81.4. The fourth-order valence-electron chi connectivity index (χ4n) is 5.56. The first-order valence-corrected chi connectivity index (χ1v) is 18.7. The van der Waals surface area contributed by atoms with E-state index in [0.717, 1.165) is 0 Å². The molecule has 0 saturated carbocycles. The van der Waals surface area contributed by atoms with E-state index in [4.69, 9.17) is 44.3 Å². The summed E-state index contributed by atoms with van der Waals surface area (Å²) in [5.74, 6) is -3.54. The summed E-state index contributed by atoms with van der Waals surface area (Å²) in [6, 6.07) is 14.0. The van der Waals surface area contributed by atoms with Gasteiger partial charge in [-0.15, -0.1) is 0 Å². The largest absolute Gasteiger partial charge is 0.507 e. The van der Waals surface area contributed by atoms with Gasteiger partial charge in [0.25, 0.3) is 0 Å². The van der Waals surface area contributed by atoms with Crippen LogP contribution in [0.2, 0.25) is 15.1 Å². The minimum Gasteiger partial charge on any atom is -0.507 e. The Morgan fingerprint density at radius 2 is 1.09 bits per heavy atom. The third kappa shape index (κ3) is 13.2. The first kappa shape index (κ1) is 46.7. The number of nitrogens with one attached hydrogen (secondary N) is 1. The molecule has 2 aliphatic rings. The van der Waals surface area contributed by atoms with Crippen molar-refractivity contribution >= 4 is 93.4 Å². The van der Waals surface area contributed by atoms with Crippen LogP contribution in [0.15, 0.2) is 65.7 Å². The number of Topliss-reactive ketones (excluding diaryl/α,β-unsaturated/α-hetero) is 2. The molecule has 0 radical (unpaired) electrons. The Bertz CT molecular complexity index is 2160. The zero-order valence-corrected chi connectivity index (χ0v) is 34.1. The van der Waals surface area contributed by atoms with E-state index in [2.05, 4.69) is 14.8 Å². The predicted molar refractivity (Wildman–Crippen MR) is 215 cm³/mol. The van der Waals surface area contributed by atoms with Gasteiger partial charge >= 0.3 is 23.9 Å². The molecule has 0 heterocycles. The van der Waals surface area contributed by atoms with Crippen LogP contribution in [0.5, 0.6) is 0 Å². The standard InChI is InChI=1S/C14H16ClNO5.C14H13ClO4.C13H11ClO4/c1-3-21-13(18)7-6-12(17)16-11-8-9(15)4-5-10(11)14(19)20-2;1-2-19-14(18)12-7-10(16)6-8-5-9(15)3-4-11(8)13(12)17;1-18-13(17)11-6-9(15)5-7-4-8(14)2-3-10(7)12(11)16/h4-5,8H,3,6-7H2,1-2H3,(H,16,17);3-5,17H,2,6-7H2,1H3;2-4,16H,5-6H2,1H3. The Morgan fingerprint density at radius 1 is 0.621 bits per heavy atom. The average Bonchev–Trinajstić information content (AvgIpc) is 3.38. The number of carbonyl (C=O) groups excluding carboxylic acids is 7. The number of methoxy groups -OCH3 is 2. The summed E-state index contributed by atoms with van der Waals surface area (Å²) in [5.41, 5.74) is 2.56. The fraction of sp³-hybridized carbons (Fsp3) is 0.293. The first-order chi connectivity index (χ1) is 27.5. The lowest BCUT2D eigenvalue weighted by atomic mass is 10.0. The zero-order valence-electron chi connectivity index (χ0n) is 31.9. The molecule has 58 heavy (non-hydrogen) atoms. The number of aliphatic hydroxyl groups excluding tert-OH is 2. The monoisotopic (exact) mass is 859 g/mol. The van der Waals surface area contributed by atoms with Crippen molar-refractivity contribution in [2.24, 2.45) is 0 Å². The van der Waals surface area contributed by atoms with Crippen LogP contribution in [0.25, 0.3) is 11.5 Å². The number of benzene rings is 3. The molecule has 3 aromatic rings. The number of hydrogen-bond acceptors (Lipinski definition) is 13. The second-order valence-corrected chi connectivity index (χ2v) is 13.6. The van der Waals surface area contributed by atoms with Gasteiger partial charge in [-0.05, 0) is 79.6 Å². The van der Waals surface area contributed by atoms with Gasteiger partial charge in [0, 0.05) is 58.3 Å². The molecule has 0 unspecified atom stereocenters. The molecule has 2 aliphatic carbocycles. The lowest BCUT2D eigenvalue weighted by molar-refractivity contribution is -0.144. The average molecular weight is 861 g/mol. The number of anilines is 1. The molecule has 0 bridgehead atoms. The number of carbonyl (C=O) groups is 7.